The first-order valence-corrected chi connectivity index (χ1v) is 10.6. The Balaban J connectivity index is 1.83. The van der Waals surface area contributed by atoms with E-state index in [-0.39, 0.29) is 24.5 Å². The number of carbonyl (C=O) groups is 2. The van der Waals surface area contributed by atoms with E-state index in [1.54, 1.807) is 25.1 Å². The van der Waals surface area contributed by atoms with E-state index in [4.69, 9.17) is 4.84 Å². The predicted octanol–water partition coefficient (Wildman–Crippen LogP) is 1.70. The SMILES string of the molecule is CONc1cccc(Cn2c(=O)c(C(=O)O)cn(-c3ccc(N4CCNC4=O)c(F)c3)c2=O)c1C. The highest BCUT2D eigenvalue weighted by Crippen LogP contribution is 2.23. The predicted molar refractivity (Wildman–Crippen MR) is 125 cm³/mol. The Morgan fingerprint density at radius 1 is 1.23 bits per heavy atom. The van der Waals surface area contributed by atoms with E-state index in [0.717, 1.165) is 21.4 Å². The number of rotatable bonds is 7. The van der Waals surface area contributed by atoms with Crippen molar-refractivity contribution in [3.8, 4) is 5.69 Å². The topological polar surface area (TPSA) is 135 Å². The summed E-state index contributed by atoms with van der Waals surface area (Å²) < 4.78 is 16.6. The Hall–Kier alpha value is -4.45. The first-order valence-electron chi connectivity index (χ1n) is 10.6. The molecule has 3 N–H and O–H groups in total. The maximum atomic E-state index is 14.9. The average Bonchev–Trinajstić information content (AvgIpc) is 3.24. The summed E-state index contributed by atoms with van der Waals surface area (Å²) in [6, 6.07) is 8.38. The van der Waals surface area contributed by atoms with E-state index in [9.17, 15) is 28.7 Å². The normalized spacial score (nSPS) is 13.1. The van der Waals surface area contributed by atoms with Crippen LogP contribution < -0.4 is 26.9 Å². The highest BCUT2D eigenvalue weighted by atomic mass is 19.1. The maximum Gasteiger partial charge on any atom is 0.342 e. The highest BCUT2D eigenvalue weighted by molar-refractivity contribution is 5.94. The van der Waals surface area contributed by atoms with Gasteiger partial charge >= 0.3 is 17.7 Å². The Bertz CT molecular complexity index is 1450. The van der Waals surface area contributed by atoms with Crippen LogP contribution in [0.5, 0.6) is 0 Å². The summed E-state index contributed by atoms with van der Waals surface area (Å²) in [7, 11) is 1.44. The Labute approximate surface area is 197 Å². The maximum absolute atomic E-state index is 14.9. The van der Waals surface area contributed by atoms with E-state index in [0.29, 0.717) is 23.4 Å². The average molecular weight is 483 g/mol. The van der Waals surface area contributed by atoms with Gasteiger partial charge in [0, 0.05) is 25.4 Å². The zero-order valence-electron chi connectivity index (χ0n) is 18.9. The van der Waals surface area contributed by atoms with Crippen molar-refractivity contribution in [1.82, 2.24) is 14.5 Å². The van der Waals surface area contributed by atoms with Crippen molar-refractivity contribution >= 4 is 23.4 Å². The van der Waals surface area contributed by atoms with Crippen LogP contribution in [-0.4, -0.2) is 46.4 Å². The number of aromatic nitrogens is 2. The van der Waals surface area contributed by atoms with Crippen molar-refractivity contribution in [2.45, 2.75) is 13.5 Å². The Morgan fingerprint density at radius 2 is 2.00 bits per heavy atom. The molecule has 0 radical (unpaired) electrons. The molecule has 1 aliphatic rings. The molecule has 3 aromatic rings. The number of hydrogen-bond acceptors (Lipinski definition) is 6. The number of nitrogens with one attached hydrogen (secondary N) is 2. The van der Waals surface area contributed by atoms with Gasteiger partial charge in [-0.05, 0) is 36.2 Å². The molecule has 2 heterocycles. The lowest BCUT2D eigenvalue weighted by Gasteiger charge is -2.17. The molecular formula is C23H22FN5O6. The molecule has 182 valence electrons. The second-order valence-electron chi connectivity index (χ2n) is 7.81. The van der Waals surface area contributed by atoms with Crippen LogP contribution in [0.15, 0.2) is 52.2 Å². The molecule has 12 heteroatoms. The number of anilines is 2. The lowest BCUT2D eigenvalue weighted by molar-refractivity contribution is 0.0693. The van der Waals surface area contributed by atoms with Crippen LogP contribution in [0, 0.1) is 12.7 Å². The minimum absolute atomic E-state index is 0.00127. The van der Waals surface area contributed by atoms with Crippen LogP contribution in [0.4, 0.5) is 20.6 Å². The fraction of sp³-hybridized carbons (Fsp3) is 0.217. The summed E-state index contributed by atoms with van der Waals surface area (Å²) in [5, 5.41) is 12.2. The molecule has 2 amide bonds. The van der Waals surface area contributed by atoms with Gasteiger partial charge in [0.05, 0.1) is 30.7 Å². The molecule has 1 aliphatic heterocycles. The number of amides is 2. The van der Waals surface area contributed by atoms with E-state index in [2.05, 4.69) is 10.8 Å². The third-order valence-corrected chi connectivity index (χ3v) is 5.74. The van der Waals surface area contributed by atoms with Gasteiger partial charge in [-0.2, -0.15) is 0 Å². The molecule has 1 aromatic heterocycles. The second kappa shape index (κ2) is 9.43. The largest absolute Gasteiger partial charge is 0.477 e. The minimum Gasteiger partial charge on any atom is -0.477 e. The Morgan fingerprint density at radius 3 is 2.63 bits per heavy atom. The zero-order chi connectivity index (χ0) is 25.3. The summed E-state index contributed by atoms with van der Waals surface area (Å²) in [6.07, 6.45) is 0.871. The van der Waals surface area contributed by atoms with Gasteiger partial charge in [0.1, 0.15) is 11.4 Å². The highest BCUT2D eigenvalue weighted by Gasteiger charge is 2.25. The van der Waals surface area contributed by atoms with Crippen LogP contribution in [0.2, 0.25) is 0 Å². The summed E-state index contributed by atoms with van der Waals surface area (Å²) in [5.41, 5.74) is 2.08. The van der Waals surface area contributed by atoms with Crippen LogP contribution in [0.25, 0.3) is 5.69 Å². The molecule has 1 saturated heterocycles. The van der Waals surface area contributed by atoms with E-state index in [1.807, 2.05) is 0 Å². The van der Waals surface area contributed by atoms with Crippen LogP contribution in [0.1, 0.15) is 21.5 Å². The molecule has 2 aromatic carbocycles. The lowest BCUT2D eigenvalue weighted by Crippen LogP contribution is -2.42. The molecule has 0 atom stereocenters. The number of carboxylic acids is 1. The third kappa shape index (κ3) is 4.38. The van der Waals surface area contributed by atoms with E-state index >= 15 is 0 Å². The third-order valence-electron chi connectivity index (χ3n) is 5.74. The fourth-order valence-electron chi connectivity index (χ4n) is 3.88. The summed E-state index contributed by atoms with van der Waals surface area (Å²) in [4.78, 5) is 56.0. The number of aromatic carboxylic acids is 1. The smallest absolute Gasteiger partial charge is 0.342 e. The van der Waals surface area contributed by atoms with Crippen molar-refractivity contribution in [3.63, 3.8) is 0 Å². The lowest BCUT2D eigenvalue weighted by atomic mass is 10.1. The number of urea groups is 1. The first-order chi connectivity index (χ1) is 16.7. The summed E-state index contributed by atoms with van der Waals surface area (Å²) in [6.45, 7) is 2.18. The molecule has 0 unspecified atom stereocenters. The number of hydrogen-bond donors (Lipinski definition) is 3. The number of halogens is 1. The summed E-state index contributed by atoms with van der Waals surface area (Å²) in [5.74, 6) is -2.31. The zero-order valence-corrected chi connectivity index (χ0v) is 18.9. The van der Waals surface area contributed by atoms with Crippen molar-refractivity contribution in [2.75, 3.05) is 30.6 Å². The van der Waals surface area contributed by atoms with Crippen LogP contribution in [-0.2, 0) is 11.4 Å². The monoisotopic (exact) mass is 483 g/mol. The number of carbonyl (C=O) groups excluding carboxylic acids is 1. The quantitative estimate of drug-likeness (QED) is 0.436. The van der Waals surface area contributed by atoms with Gasteiger partial charge in [-0.25, -0.2) is 18.8 Å². The van der Waals surface area contributed by atoms with Crippen LogP contribution in [0.3, 0.4) is 0 Å². The minimum atomic E-state index is -1.53. The summed E-state index contributed by atoms with van der Waals surface area (Å²) >= 11 is 0. The van der Waals surface area contributed by atoms with Crippen LogP contribution >= 0.6 is 0 Å². The molecule has 1 fully saturated rings. The van der Waals surface area contributed by atoms with Gasteiger partial charge in [-0.3, -0.25) is 29.1 Å². The first kappa shape index (κ1) is 23.7. The molecule has 0 aliphatic carbocycles. The molecular weight excluding hydrogens is 461 g/mol. The molecule has 0 saturated carbocycles. The van der Waals surface area contributed by atoms with Gasteiger partial charge in [0.25, 0.3) is 5.56 Å². The van der Waals surface area contributed by atoms with Gasteiger partial charge < -0.3 is 10.4 Å². The fourth-order valence-corrected chi connectivity index (χ4v) is 3.88. The molecule has 4 rings (SSSR count). The van der Waals surface area contributed by atoms with Crippen molar-refractivity contribution in [1.29, 1.82) is 0 Å². The number of nitrogens with zero attached hydrogens (tertiary/aromatic N) is 3. The Kier molecular flexibility index (Phi) is 6.38. The van der Waals surface area contributed by atoms with Gasteiger partial charge in [0.15, 0.2) is 0 Å². The van der Waals surface area contributed by atoms with Crippen molar-refractivity contribution in [2.24, 2.45) is 0 Å². The number of benzene rings is 2. The van der Waals surface area contributed by atoms with E-state index in [1.165, 1.54) is 24.1 Å². The molecule has 35 heavy (non-hydrogen) atoms. The van der Waals surface area contributed by atoms with Gasteiger partial charge in [-0.1, -0.05) is 12.1 Å². The standard InChI is InChI=1S/C23H22FN5O6/c1-13-14(4-3-5-18(13)26-35-2)11-29-20(30)16(21(31)32)12-28(23(29)34)15-6-7-19(17(24)10-15)27-9-8-25-22(27)33/h3-7,10,12,26H,8-9,11H2,1-2H3,(H,25,33)(H,31,32). The van der Waals surface area contributed by atoms with Gasteiger partial charge in [-0.15, -0.1) is 0 Å². The van der Waals surface area contributed by atoms with Gasteiger partial charge in [0.2, 0.25) is 0 Å². The number of carboxylic acid groups (broad SMARTS) is 1. The molecule has 11 nitrogen and oxygen atoms in total. The molecule has 0 spiro atoms. The van der Waals surface area contributed by atoms with E-state index < -0.39 is 34.6 Å². The molecule has 0 bridgehead atoms. The second-order valence-corrected chi connectivity index (χ2v) is 7.81. The van der Waals surface area contributed by atoms with Crippen molar-refractivity contribution in [3.05, 3.63) is 85.9 Å². The van der Waals surface area contributed by atoms with Crippen molar-refractivity contribution < 1.29 is 23.9 Å².